The molecule has 0 aliphatic carbocycles. The van der Waals surface area contributed by atoms with Crippen molar-refractivity contribution < 1.29 is 0 Å². The predicted molar refractivity (Wildman–Crippen MR) is 98.8 cm³/mol. The zero-order valence-corrected chi connectivity index (χ0v) is 15.4. The summed E-state index contributed by atoms with van der Waals surface area (Å²) in [6, 6.07) is 4.45. The molecule has 5 nitrogen and oxygen atoms in total. The van der Waals surface area contributed by atoms with Gasteiger partial charge in [-0.2, -0.15) is 0 Å². The van der Waals surface area contributed by atoms with E-state index >= 15 is 0 Å². The van der Waals surface area contributed by atoms with Crippen LogP contribution in [0, 0.1) is 6.92 Å². The van der Waals surface area contributed by atoms with Gasteiger partial charge < -0.3 is 15.5 Å². The fourth-order valence-corrected chi connectivity index (χ4v) is 2.53. The molecular formula is C18H33N5. The highest BCUT2D eigenvalue weighted by molar-refractivity contribution is 5.79. The van der Waals surface area contributed by atoms with Gasteiger partial charge in [0.25, 0.3) is 0 Å². The van der Waals surface area contributed by atoms with Gasteiger partial charge in [-0.3, -0.25) is 9.98 Å². The van der Waals surface area contributed by atoms with Crippen LogP contribution in [0.5, 0.6) is 0 Å². The Morgan fingerprint density at radius 3 is 2.70 bits per heavy atom. The van der Waals surface area contributed by atoms with Crippen LogP contribution in [0.25, 0.3) is 0 Å². The van der Waals surface area contributed by atoms with Crippen molar-refractivity contribution in [2.24, 2.45) is 4.99 Å². The van der Waals surface area contributed by atoms with Gasteiger partial charge in [0.05, 0.1) is 12.2 Å². The van der Waals surface area contributed by atoms with Crippen molar-refractivity contribution in [1.29, 1.82) is 0 Å². The average Bonchev–Trinajstić information content (AvgIpc) is 2.56. The molecule has 2 N–H and O–H groups in total. The topological polar surface area (TPSA) is 52.5 Å². The summed E-state index contributed by atoms with van der Waals surface area (Å²) in [5, 5.41) is 6.80. The Kier molecular flexibility index (Phi) is 9.29. The van der Waals surface area contributed by atoms with E-state index in [1.807, 2.05) is 19.3 Å². The molecule has 0 bridgehead atoms. The number of guanidine groups is 1. The van der Waals surface area contributed by atoms with Gasteiger partial charge in [0.15, 0.2) is 5.96 Å². The molecule has 1 atom stereocenters. The van der Waals surface area contributed by atoms with Gasteiger partial charge in [0, 0.05) is 19.3 Å². The van der Waals surface area contributed by atoms with E-state index in [1.54, 1.807) is 0 Å². The van der Waals surface area contributed by atoms with Crippen LogP contribution in [0.2, 0.25) is 0 Å². The van der Waals surface area contributed by atoms with Gasteiger partial charge in [0.2, 0.25) is 0 Å². The molecule has 0 aliphatic heterocycles. The summed E-state index contributed by atoms with van der Waals surface area (Å²) in [4.78, 5) is 11.2. The lowest BCUT2D eigenvalue weighted by atomic mass is 10.2. The number of hydrogen-bond acceptors (Lipinski definition) is 3. The van der Waals surface area contributed by atoms with Crippen molar-refractivity contribution in [3.63, 3.8) is 0 Å². The van der Waals surface area contributed by atoms with E-state index < -0.39 is 0 Å². The van der Waals surface area contributed by atoms with Crippen LogP contribution in [0.4, 0.5) is 0 Å². The van der Waals surface area contributed by atoms with E-state index in [9.17, 15) is 0 Å². The third-order valence-corrected chi connectivity index (χ3v) is 4.15. The number of aliphatic imine (C=N–C) groups is 1. The van der Waals surface area contributed by atoms with Crippen molar-refractivity contribution in [1.82, 2.24) is 20.5 Å². The molecule has 130 valence electrons. The van der Waals surface area contributed by atoms with Crippen molar-refractivity contribution in [3.05, 3.63) is 29.6 Å². The summed E-state index contributed by atoms with van der Waals surface area (Å²) >= 11 is 0. The quantitative estimate of drug-likeness (QED) is 0.542. The van der Waals surface area contributed by atoms with E-state index in [0.717, 1.165) is 37.7 Å². The van der Waals surface area contributed by atoms with E-state index in [0.29, 0.717) is 12.6 Å². The maximum atomic E-state index is 4.40. The minimum absolute atomic E-state index is 0.404. The fourth-order valence-electron chi connectivity index (χ4n) is 2.53. The maximum Gasteiger partial charge on any atom is 0.191 e. The van der Waals surface area contributed by atoms with Crippen molar-refractivity contribution in [3.8, 4) is 0 Å². The van der Waals surface area contributed by atoms with Crippen LogP contribution in [0.3, 0.4) is 0 Å². The second-order valence-electron chi connectivity index (χ2n) is 5.91. The molecule has 0 amide bonds. The first-order chi connectivity index (χ1) is 11.1. The molecule has 0 radical (unpaired) electrons. The molecule has 1 aromatic heterocycles. The van der Waals surface area contributed by atoms with Gasteiger partial charge >= 0.3 is 0 Å². The van der Waals surface area contributed by atoms with Crippen LogP contribution in [-0.4, -0.2) is 48.6 Å². The number of hydrogen-bond donors (Lipinski definition) is 2. The Hall–Kier alpha value is -1.62. The first kappa shape index (κ1) is 19.4. The molecular weight excluding hydrogens is 286 g/mol. The minimum Gasteiger partial charge on any atom is -0.354 e. The number of rotatable bonds is 9. The molecule has 1 aromatic rings. The molecule has 1 rings (SSSR count). The van der Waals surface area contributed by atoms with Crippen LogP contribution in [0.1, 0.15) is 44.9 Å². The highest BCUT2D eigenvalue weighted by atomic mass is 15.2. The van der Waals surface area contributed by atoms with Gasteiger partial charge in [-0.1, -0.05) is 19.9 Å². The van der Waals surface area contributed by atoms with Gasteiger partial charge in [-0.25, -0.2) is 0 Å². The van der Waals surface area contributed by atoms with Crippen LogP contribution < -0.4 is 10.6 Å². The summed E-state index contributed by atoms with van der Waals surface area (Å²) in [5.41, 5.74) is 2.26. The molecule has 0 saturated carbocycles. The number of aromatic nitrogens is 1. The first-order valence-electron chi connectivity index (χ1n) is 8.70. The zero-order chi connectivity index (χ0) is 17.1. The number of aryl methyl sites for hydroxylation is 1. The lowest BCUT2D eigenvalue weighted by molar-refractivity contribution is 0.292. The maximum absolute atomic E-state index is 4.40. The van der Waals surface area contributed by atoms with E-state index in [-0.39, 0.29) is 0 Å². The third kappa shape index (κ3) is 7.46. The summed E-state index contributed by atoms with van der Waals surface area (Å²) in [6.07, 6.45) is 4.17. The van der Waals surface area contributed by atoms with Crippen LogP contribution >= 0.6 is 0 Å². The second-order valence-corrected chi connectivity index (χ2v) is 5.91. The summed E-state index contributed by atoms with van der Waals surface area (Å²) in [6.45, 7) is 12.8. The molecule has 1 unspecified atom stereocenters. The third-order valence-electron chi connectivity index (χ3n) is 4.15. The van der Waals surface area contributed by atoms with Gasteiger partial charge in [-0.15, -0.1) is 0 Å². The molecule has 0 spiro atoms. The van der Waals surface area contributed by atoms with Crippen molar-refractivity contribution in [2.75, 3.05) is 26.7 Å². The standard InChI is InChI=1S/C18H33N5/c1-6-23(7-2)13-9-11-16(4)22-18(19-5)21-14-17-15(3)10-8-12-20-17/h8,10,12,16H,6-7,9,11,13-14H2,1-5H3,(H2,19,21,22). The average molecular weight is 319 g/mol. The summed E-state index contributed by atoms with van der Waals surface area (Å²) in [7, 11) is 1.81. The minimum atomic E-state index is 0.404. The molecule has 1 heterocycles. The number of pyridine rings is 1. The highest BCUT2D eigenvalue weighted by Crippen LogP contribution is 2.03. The molecule has 23 heavy (non-hydrogen) atoms. The Balaban J connectivity index is 2.34. The first-order valence-corrected chi connectivity index (χ1v) is 8.70. The number of nitrogens with zero attached hydrogens (tertiary/aromatic N) is 3. The Bertz CT molecular complexity index is 468. The Labute approximate surface area is 141 Å². The van der Waals surface area contributed by atoms with E-state index in [4.69, 9.17) is 0 Å². The van der Waals surface area contributed by atoms with Crippen LogP contribution in [0.15, 0.2) is 23.3 Å². The van der Waals surface area contributed by atoms with Crippen LogP contribution in [-0.2, 0) is 6.54 Å². The monoisotopic (exact) mass is 319 g/mol. The largest absolute Gasteiger partial charge is 0.354 e. The fraction of sp³-hybridized carbons (Fsp3) is 0.667. The number of nitrogens with one attached hydrogen (secondary N) is 2. The summed E-state index contributed by atoms with van der Waals surface area (Å²) < 4.78 is 0. The molecule has 0 aliphatic rings. The van der Waals surface area contributed by atoms with E-state index in [1.165, 1.54) is 12.0 Å². The smallest absolute Gasteiger partial charge is 0.191 e. The molecule has 0 aromatic carbocycles. The Morgan fingerprint density at radius 1 is 1.35 bits per heavy atom. The van der Waals surface area contributed by atoms with E-state index in [2.05, 4.69) is 59.3 Å². The lowest BCUT2D eigenvalue weighted by Crippen LogP contribution is -2.42. The van der Waals surface area contributed by atoms with Gasteiger partial charge in [-0.05, 0) is 58.0 Å². The molecule has 0 saturated heterocycles. The van der Waals surface area contributed by atoms with Gasteiger partial charge in [0.1, 0.15) is 0 Å². The van der Waals surface area contributed by atoms with Crippen molar-refractivity contribution in [2.45, 2.75) is 53.1 Å². The predicted octanol–water partition coefficient (Wildman–Crippen LogP) is 2.57. The van der Waals surface area contributed by atoms with Crippen molar-refractivity contribution >= 4 is 5.96 Å². The zero-order valence-electron chi connectivity index (χ0n) is 15.4. The molecule has 0 fully saturated rings. The Morgan fingerprint density at radius 2 is 2.09 bits per heavy atom. The highest BCUT2D eigenvalue weighted by Gasteiger charge is 2.07. The SMILES string of the molecule is CCN(CC)CCCC(C)NC(=NC)NCc1ncccc1C. The normalized spacial score (nSPS) is 13.2. The lowest BCUT2D eigenvalue weighted by Gasteiger charge is -2.21. The molecule has 5 heteroatoms. The summed E-state index contributed by atoms with van der Waals surface area (Å²) in [5.74, 6) is 0.838. The second kappa shape index (κ2) is 11.0.